The van der Waals surface area contributed by atoms with Crippen LogP contribution in [-0.4, -0.2) is 5.78 Å². The molecule has 1 nitrogen and oxygen atoms in total. The Morgan fingerprint density at radius 2 is 1.59 bits per heavy atom. The minimum absolute atomic E-state index is 0.304. The molecule has 1 saturated carbocycles. The van der Waals surface area contributed by atoms with Crippen molar-refractivity contribution in [3.05, 3.63) is 48.6 Å². The Bertz CT molecular complexity index is 440. The van der Waals surface area contributed by atoms with Gasteiger partial charge in [0, 0.05) is 12.0 Å². The molecular formula is C21H30O. The molecule has 1 aliphatic rings. The average molecular weight is 298 g/mol. The number of benzene rings is 1. The molecule has 22 heavy (non-hydrogen) atoms. The van der Waals surface area contributed by atoms with E-state index >= 15 is 0 Å². The molecule has 0 aliphatic heterocycles. The maximum absolute atomic E-state index is 12.1. The molecule has 0 heterocycles. The third-order valence-corrected chi connectivity index (χ3v) is 5.10. The Hall–Kier alpha value is -1.37. The number of hydrogen-bond acceptors (Lipinski definition) is 1. The third kappa shape index (κ3) is 5.79. The first kappa shape index (κ1) is 17.0. The summed E-state index contributed by atoms with van der Waals surface area (Å²) in [5.74, 6) is 2.11. The minimum atomic E-state index is 0.304. The molecule has 0 spiro atoms. The van der Waals surface area contributed by atoms with E-state index in [-0.39, 0.29) is 0 Å². The first-order chi connectivity index (χ1) is 10.8. The van der Waals surface area contributed by atoms with Gasteiger partial charge in [-0.05, 0) is 31.1 Å². The van der Waals surface area contributed by atoms with E-state index in [0.29, 0.717) is 12.2 Å². The second-order valence-electron chi connectivity index (χ2n) is 6.79. The van der Waals surface area contributed by atoms with Crippen molar-refractivity contribution < 1.29 is 4.79 Å². The standard InChI is InChI=1S/C21H30O/c1-2-3-5-9-18-14-16-19(17-15-18)10-8-13-21(22)20-11-6-4-7-12-20/h2,4,6-7,11-12,18-19H,1,3,5,8-10,13-17H2. The predicted octanol–water partition coefficient (Wildman–Crippen LogP) is 6.20. The third-order valence-electron chi connectivity index (χ3n) is 5.10. The Labute approximate surface area is 135 Å². The largest absolute Gasteiger partial charge is 0.294 e. The van der Waals surface area contributed by atoms with Gasteiger partial charge in [-0.3, -0.25) is 4.79 Å². The lowest BCUT2D eigenvalue weighted by Crippen LogP contribution is -2.15. The molecule has 0 aromatic heterocycles. The highest BCUT2D eigenvalue weighted by Gasteiger charge is 2.20. The van der Waals surface area contributed by atoms with Crippen LogP contribution in [0.2, 0.25) is 0 Å². The smallest absolute Gasteiger partial charge is 0.162 e. The van der Waals surface area contributed by atoms with Gasteiger partial charge < -0.3 is 0 Å². The molecule has 1 fully saturated rings. The zero-order valence-electron chi connectivity index (χ0n) is 13.8. The molecular weight excluding hydrogens is 268 g/mol. The van der Waals surface area contributed by atoms with Crippen LogP contribution in [0.4, 0.5) is 0 Å². The van der Waals surface area contributed by atoms with Crippen molar-refractivity contribution in [3.63, 3.8) is 0 Å². The van der Waals surface area contributed by atoms with Crippen LogP contribution in [0.5, 0.6) is 0 Å². The van der Waals surface area contributed by atoms with Gasteiger partial charge in [0.15, 0.2) is 5.78 Å². The summed E-state index contributed by atoms with van der Waals surface area (Å²) in [4.78, 5) is 12.1. The number of unbranched alkanes of at least 4 members (excludes halogenated alkanes) is 1. The molecule has 2 rings (SSSR count). The summed E-state index contributed by atoms with van der Waals surface area (Å²) >= 11 is 0. The van der Waals surface area contributed by atoms with Crippen LogP contribution >= 0.6 is 0 Å². The van der Waals surface area contributed by atoms with Crippen LogP contribution in [0.3, 0.4) is 0 Å². The summed E-state index contributed by atoms with van der Waals surface area (Å²) in [7, 11) is 0. The fourth-order valence-electron chi connectivity index (χ4n) is 3.68. The van der Waals surface area contributed by atoms with E-state index in [1.165, 1.54) is 51.4 Å². The van der Waals surface area contributed by atoms with E-state index in [4.69, 9.17) is 0 Å². The van der Waals surface area contributed by atoms with Crippen molar-refractivity contribution in [2.75, 3.05) is 0 Å². The van der Waals surface area contributed by atoms with Crippen LogP contribution in [0.1, 0.15) is 74.6 Å². The SMILES string of the molecule is C=CCCCC1CCC(CCCC(=O)c2ccccc2)CC1. The summed E-state index contributed by atoms with van der Waals surface area (Å²) < 4.78 is 0. The molecule has 0 saturated heterocycles. The second-order valence-corrected chi connectivity index (χ2v) is 6.79. The molecule has 120 valence electrons. The Kier molecular flexibility index (Phi) is 7.42. The highest BCUT2D eigenvalue weighted by molar-refractivity contribution is 5.95. The molecule has 1 aromatic rings. The number of hydrogen-bond donors (Lipinski definition) is 0. The van der Waals surface area contributed by atoms with Gasteiger partial charge in [0.25, 0.3) is 0 Å². The summed E-state index contributed by atoms with van der Waals surface area (Å²) in [5.41, 5.74) is 0.869. The number of carbonyl (C=O) groups is 1. The lowest BCUT2D eigenvalue weighted by atomic mass is 9.78. The molecule has 1 heteroatoms. The van der Waals surface area contributed by atoms with Gasteiger partial charge >= 0.3 is 0 Å². The zero-order chi connectivity index (χ0) is 15.6. The maximum atomic E-state index is 12.1. The van der Waals surface area contributed by atoms with E-state index < -0.39 is 0 Å². The lowest BCUT2D eigenvalue weighted by molar-refractivity contribution is 0.0976. The topological polar surface area (TPSA) is 17.1 Å². The molecule has 0 atom stereocenters. The molecule has 0 amide bonds. The molecule has 1 aromatic carbocycles. The highest BCUT2D eigenvalue weighted by atomic mass is 16.1. The van der Waals surface area contributed by atoms with Gasteiger partial charge in [0.05, 0.1) is 0 Å². The van der Waals surface area contributed by atoms with Gasteiger partial charge in [-0.2, -0.15) is 0 Å². The Morgan fingerprint density at radius 1 is 1.00 bits per heavy atom. The van der Waals surface area contributed by atoms with Crippen molar-refractivity contribution in [1.82, 2.24) is 0 Å². The molecule has 1 aliphatic carbocycles. The van der Waals surface area contributed by atoms with Gasteiger partial charge in [-0.1, -0.05) is 74.9 Å². The normalized spacial score (nSPS) is 21.5. The first-order valence-corrected chi connectivity index (χ1v) is 8.98. The van der Waals surface area contributed by atoms with Gasteiger partial charge in [-0.15, -0.1) is 6.58 Å². The van der Waals surface area contributed by atoms with E-state index in [2.05, 4.69) is 6.58 Å². The fraction of sp³-hybridized carbons (Fsp3) is 0.571. The van der Waals surface area contributed by atoms with E-state index in [9.17, 15) is 4.79 Å². The fourth-order valence-corrected chi connectivity index (χ4v) is 3.68. The molecule has 0 bridgehead atoms. The van der Waals surface area contributed by atoms with Crippen molar-refractivity contribution in [3.8, 4) is 0 Å². The summed E-state index contributed by atoms with van der Waals surface area (Å²) in [6, 6.07) is 9.71. The number of carbonyl (C=O) groups excluding carboxylic acids is 1. The Morgan fingerprint density at radius 3 is 2.18 bits per heavy atom. The van der Waals surface area contributed by atoms with Crippen LogP contribution in [-0.2, 0) is 0 Å². The van der Waals surface area contributed by atoms with E-state index in [1.807, 2.05) is 36.4 Å². The van der Waals surface area contributed by atoms with Crippen LogP contribution < -0.4 is 0 Å². The summed E-state index contributed by atoms with van der Waals surface area (Å²) in [6.45, 7) is 3.80. The first-order valence-electron chi connectivity index (χ1n) is 8.98. The van der Waals surface area contributed by atoms with Gasteiger partial charge in [0.1, 0.15) is 0 Å². The molecule has 0 N–H and O–H groups in total. The van der Waals surface area contributed by atoms with Crippen LogP contribution in [0.15, 0.2) is 43.0 Å². The Balaban J connectivity index is 1.59. The zero-order valence-corrected chi connectivity index (χ0v) is 13.8. The number of Topliss-reactive ketones (excluding diaryl/α,β-unsaturated/α-hetero) is 1. The van der Waals surface area contributed by atoms with Crippen molar-refractivity contribution in [1.29, 1.82) is 0 Å². The van der Waals surface area contributed by atoms with Crippen LogP contribution in [0.25, 0.3) is 0 Å². The average Bonchev–Trinajstić information content (AvgIpc) is 2.57. The van der Waals surface area contributed by atoms with Gasteiger partial charge in [0.2, 0.25) is 0 Å². The lowest BCUT2D eigenvalue weighted by Gasteiger charge is -2.28. The summed E-state index contributed by atoms with van der Waals surface area (Å²) in [6.07, 6.45) is 14.4. The van der Waals surface area contributed by atoms with Crippen molar-refractivity contribution >= 4 is 5.78 Å². The molecule has 0 radical (unpaired) electrons. The molecule has 0 unspecified atom stereocenters. The summed E-state index contributed by atoms with van der Waals surface area (Å²) in [5, 5.41) is 0. The van der Waals surface area contributed by atoms with Crippen molar-refractivity contribution in [2.24, 2.45) is 11.8 Å². The number of ketones is 1. The predicted molar refractivity (Wildman–Crippen MR) is 94.1 cm³/mol. The highest BCUT2D eigenvalue weighted by Crippen LogP contribution is 2.34. The van der Waals surface area contributed by atoms with Crippen LogP contribution in [0, 0.1) is 11.8 Å². The van der Waals surface area contributed by atoms with E-state index in [1.54, 1.807) is 0 Å². The second kappa shape index (κ2) is 9.61. The minimum Gasteiger partial charge on any atom is -0.294 e. The monoisotopic (exact) mass is 298 g/mol. The number of rotatable bonds is 9. The quantitative estimate of drug-likeness (QED) is 0.301. The van der Waals surface area contributed by atoms with Gasteiger partial charge in [-0.25, -0.2) is 0 Å². The number of allylic oxidation sites excluding steroid dienone is 1. The van der Waals surface area contributed by atoms with E-state index in [0.717, 1.165) is 23.8 Å². The van der Waals surface area contributed by atoms with Crippen molar-refractivity contribution in [2.45, 2.75) is 64.2 Å². The maximum Gasteiger partial charge on any atom is 0.162 e.